The standard InChI is InChI=1S/C13H28O3Si2/c1-6-18(7-2,8-3)16-17-11-9-10-15-13(14)12(4)5/h4,6-11,17H2,1-3,5H3. The number of hydrogen-bond donors (Lipinski definition) is 0. The van der Waals surface area contributed by atoms with Gasteiger partial charge in [0.25, 0.3) is 0 Å². The number of rotatable bonds is 10. The molecule has 0 aliphatic carbocycles. The van der Waals surface area contributed by atoms with Crippen molar-refractivity contribution in [1.82, 2.24) is 0 Å². The minimum atomic E-state index is -1.38. The summed E-state index contributed by atoms with van der Waals surface area (Å²) in [7, 11) is -1.82. The van der Waals surface area contributed by atoms with Crippen LogP contribution in [-0.2, 0) is 13.6 Å². The quantitative estimate of drug-likeness (QED) is 0.268. The maximum Gasteiger partial charge on any atom is 0.333 e. The van der Waals surface area contributed by atoms with Crippen molar-refractivity contribution in [3.63, 3.8) is 0 Å². The molecule has 18 heavy (non-hydrogen) atoms. The van der Waals surface area contributed by atoms with Crippen molar-refractivity contribution in [2.45, 2.75) is 58.3 Å². The molecule has 0 amide bonds. The summed E-state index contributed by atoms with van der Waals surface area (Å²) in [5.74, 6) is -0.281. The van der Waals surface area contributed by atoms with Gasteiger partial charge in [-0.2, -0.15) is 0 Å². The molecule has 0 fully saturated rings. The van der Waals surface area contributed by atoms with Crippen molar-refractivity contribution in [3.05, 3.63) is 12.2 Å². The summed E-state index contributed by atoms with van der Waals surface area (Å²) < 4.78 is 11.3. The summed E-state index contributed by atoms with van der Waals surface area (Å²) in [4.78, 5) is 11.1. The molecule has 0 spiro atoms. The number of esters is 1. The summed E-state index contributed by atoms with van der Waals surface area (Å²) in [6.07, 6.45) is 0.923. The Balaban J connectivity index is 3.67. The van der Waals surface area contributed by atoms with Crippen LogP contribution in [0.15, 0.2) is 12.2 Å². The van der Waals surface area contributed by atoms with Gasteiger partial charge in [0, 0.05) is 5.57 Å². The van der Waals surface area contributed by atoms with E-state index in [0.29, 0.717) is 12.2 Å². The lowest BCUT2D eigenvalue weighted by Gasteiger charge is -2.28. The first kappa shape index (κ1) is 17.6. The zero-order valence-corrected chi connectivity index (χ0v) is 14.8. The number of carbonyl (C=O) groups is 1. The molecule has 0 saturated carbocycles. The molecule has 0 atom stereocenters. The second-order valence-electron chi connectivity index (χ2n) is 4.72. The molecule has 0 bridgehead atoms. The van der Waals surface area contributed by atoms with Gasteiger partial charge in [0.1, 0.15) is 9.76 Å². The summed E-state index contributed by atoms with van der Waals surface area (Å²) in [6.45, 7) is 12.5. The average Bonchev–Trinajstić information content (AvgIpc) is 2.38. The fourth-order valence-corrected chi connectivity index (χ4v) is 8.50. The summed E-state index contributed by atoms with van der Waals surface area (Å²) in [6, 6.07) is 4.76. The van der Waals surface area contributed by atoms with Gasteiger partial charge in [-0.1, -0.05) is 27.4 Å². The van der Waals surface area contributed by atoms with E-state index >= 15 is 0 Å². The second-order valence-corrected chi connectivity index (χ2v) is 11.5. The van der Waals surface area contributed by atoms with Crippen LogP contribution in [0.1, 0.15) is 34.1 Å². The molecule has 3 nitrogen and oxygen atoms in total. The number of hydrogen-bond acceptors (Lipinski definition) is 3. The van der Waals surface area contributed by atoms with Crippen LogP contribution >= 0.6 is 0 Å². The molecule has 0 aromatic carbocycles. The van der Waals surface area contributed by atoms with Crippen LogP contribution in [-0.4, -0.2) is 30.7 Å². The zero-order valence-electron chi connectivity index (χ0n) is 12.4. The highest BCUT2D eigenvalue weighted by atomic mass is 28.4. The fraction of sp³-hybridized carbons (Fsp3) is 0.769. The molecule has 0 aliphatic rings. The average molecular weight is 289 g/mol. The van der Waals surface area contributed by atoms with E-state index in [1.165, 1.54) is 18.1 Å². The highest BCUT2D eigenvalue weighted by molar-refractivity contribution is 6.77. The third kappa shape index (κ3) is 6.51. The SMILES string of the molecule is C=C(C)C(=O)OCCC[SiH2]O[Si](CC)(CC)CC. The third-order valence-corrected chi connectivity index (χ3v) is 11.4. The summed E-state index contributed by atoms with van der Waals surface area (Å²) in [5.41, 5.74) is 0.470. The Kier molecular flexibility index (Phi) is 9.31. The predicted molar refractivity (Wildman–Crippen MR) is 82.0 cm³/mol. The molecule has 0 aromatic heterocycles. The second kappa shape index (κ2) is 9.52. The number of ether oxygens (including phenoxy) is 1. The van der Waals surface area contributed by atoms with Crippen LogP contribution in [0.4, 0.5) is 0 Å². The van der Waals surface area contributed by atoms with Crippen molar-refractivity contribution in [2.75, 3.05) is 6.61 Å². The first-order chi connectivity index (χ1) is 8.51. The van der Waals surface area contributed by atoms with E-state index in [1.807, 2.05) is 0 Å². The summed E-state index contributed by atoms with van der Waals surface area (Å²) >= 11 is 0. The van der Waals surface area contributed by atoms with Crippen LogP contribution in [0.3, 0.4) is 0 Å². The van der Waals surface area contributed by atoms with E-state index in [-0.39, 0.29) is 5.97 Å². The summed E-state index contributed by atoms with van der Waals surface area (Å²) in [5, 5.41) is 0. The maximum atomic E-state index is 11.1. The Labute approximate surface area is 115 Å². The molecule has 0 radical (unpaired) electrons. The molecule has 0 saturated heterocycles. The Morgan fingerprint density at radius 3 is 2.22 bits per heavy atom. The Bertz CT molecular complexity index is 255. The lowest BCUT2D eigenvalue weighted by molar-refractivity contribution is -0.138. The van der Waals surface area contributed by atoms with E-state index in [0.717, 1.165) is 12.5 Å². The van der Waals surface area contributed by atoms with Gasteiger partial charge in [-0.3, -0.25) is 0 Å². The molecular weight excluding hydrogens is 260 g/mol. The smallest absolute Gasteiger partial charge is 0.333 e. The molecule has 0 N–H and O–H groups in total. The van der Waals surface area contributed by atoms with Gasteiger partial charge in [0.2, 0.25) is 0 Å². The minimum Gasteiger partial charge on any atom is -0.462 e. The molecule has 106 valence electrons. The molecule has 0 aliphatic heterocycles. The van der Waals surface area contributed by atoms with Gasteiger partial charge in [0.05, 0.1) is 6.61 Å². The van der Waals surface area contributed by atoms with E-state index in [4.69, 9.17) is 8.85 Å². The monoisotopic (exact) mass is 288 g/mol. The minimum absolute atomic E-state index is 0.281. The molecule has 0 unspecified atom stereocenters. The normalized spacial score (nSPS) is 12.0. The van der Waals surface area contributed by atoms with E-state index in [2.05, 4.69) is 27.4 Å². The predicted octanol–water partition coefficient (Wildman–Crippen LogP) is 3.02. The van der Waals surface area contributed by atoms with Crippen molar-refractivity contribution < 1.29 is 13.6 Å². The molecular formula is C13H28O3Si2. The van der Waals surface area contributed by atoms with Crippen molar-refractivity contribution in [2.24, 2.45) is 0 Å². The first-order valence-corrected chi connectivity index (χ1v) is 11.1. The third-order valence-electron chi connectivity index (χ3n) is 3.46. The van der Waals surface area contributed by atoms with Crippen molar-refractivity contribution in [1.29, 1.82) is 0 Å². The lowest BCUT2D eigenvalue weighted by Crippen LogP contribution is -2.37. The topological polar surface area (TPSA) is 35.5 Å². The fourth-order valence-electron chi connectivity index (χ4n) is 1.84. The van der Waals surface area contributed by atoms with Gasteiger partial charge in [-0.25, -0.2) is 4.79 Å². The zero-order chi connectivity index (χ0) is 14.0. The Morgan fingerprint density at radius 1 is 1.22 bits per heavy atom. The van der Waals surface area contributed by atoms with Crippen molar-refractivity contribution in [3.8, 4) is 0 Å². The van der Waals surface area contributed by atoms with Gasteiger partial charge in [0.15, 0.2) is 8.32 Å². The van der Waals surface area contributed by atoms with Crippen LogP contribution in [0.5, 0.6) is 0 Å². The molecule has 0 rings (SSSR count). The van der Waals surface area contributed by atoms with Crippen LogP contribution in [0.2, 0.25) is 24.2 Å². The van der Waals surface area contributed by atoms with Gasteiger partial charge in [-0.05, 0) is 37.5 Å². The van der Waals surface area contributed by atoms with Gasteiger partial charge >= 0.3 is 5.97 Å². The first-order valence-electron chi connectivity index (χ1n) is 6.98. The van der Waals surface area contributed by atoms with E-state index < -0.39 is 18.1 Å². The molecule has 0 heterocycles. The highest BCUT2D eigenvalue weighted by Gasteiger charge is 2.27. The Morgan fingerprint density at radius 2 is 1.78 bits per heavy atom. The van der Waals surface area contributed by atoms with Crippen LogP contribution in [0, 0.1) is 0 Å². The molecule has 5 heteroatoms. The highest BCUT2D eigenvalue weighted by Crippen LogP contribution is 2.21. The van der Waals surface area contributed by atoms with Crippen LogP contribution in [0.25, 0.3) is 0 Å². The van der Waals surface area contributed by atoms with Gasteiger partial charge < -0.3 is 8.85 Å². The van der Waals surface area contributed by atoms with Gasteiger partial charge in [-0.15, -0.1) is 0 Å². The maximum absolute atomic E-state index is 11.1. The largest absolute Gasteiger partial charge is 0.462 e. The van der Waals surface area contributed by atoms with Crippen LogP contribution < -0.4 is 0 Å². The molecule has 0 aromatic rings. The Hall–Kier alpha value is -0.396. The van der Waals surface area contributed by atoms with E-state index in [9.17, 15) is 4.79 Å². The van der Waals surface area contributed by atoms with Crippen molar-refractivity contribution >= 4 is 24.0 Å². The lowest BCUT2D eigenvalue weighted by atomic mass is 10.4. The van der Waals surface area contributed by atoms with E-state index in [1.54, 1.807) is 6.92 Å². The number of carbonyl (C=O) groups excluding carboxylic acids is 1.